The van der Waals surface area contributed by atoms with Gasteiger partial charge in [-0.1, -0.05) is 86.0 Å². The molecule has 3 nitrogen and oxygen atoms in total. The van der Waals surface area contributed by atoms with Gasteiger partial charge >= 0.3 is 0 Å². The van der Waals surface area contributed by atoms with Crippen LogP contribution in [0.15, 0.2) is 102 Å². The van der Waals surface area contributed by atoms with Gasteiger partial charge in [-0.15, -0.1) is 0 Å². The van der Waals surface area contributed by atoms with Crippen molar-refractivity contribution in [2.75, 3.05) is 0 Å². The van der Waals surface area contributed by atoms with Crippen molar-refractivity contribution in [3.8, 4) is 39.6 Å². The molecule has 0 saturated heterocycles. The fourth-order valence-electron chi connectivity index (χ4n) is 6.73. The van der Waals surface area contributed by atoms with Gasteiger partial charge in [-0.3, -0.25) is 0 Å². The summed E-state index contributed by atoms with van der Waals surface area (Å²) >= 11 is 0. The zero-order chi connectivity index (χ0) is 27.9. The minimum absolute atomic E-state index is 0.637. The first kappa shape index (κ1) is 25.3. The van der Waals surface area contributed by atoms with E-state index in [2.05, 4.69) is 104 Å². The van der Waals surface area contributed by atoms with E-state index in [0.29, 0.717) is 11.5 Å². The average Bonchev–Trinajstić information content (AvgIpc) is 3.40. The molecule has 4 aromatic carbocycles. The average molecular weight is 534 g/mol. The molecular formula is C38H33N2O+. The monoisotopic (exact) mass is 533 g/mol. The van der Waals surface area contributed by atoms with Crippen LogP contribution in [0.2, 0.25) is 0 Å². The minimum atomic E-state index is 0.637. The molecule has 7 rings (SSSR count). The highest BCUT2D eigenvalue weighted by molar-refractivity contribution is 6.14. The van der Waals surface area contributed by atoms with Gasteiger partial charge in [-0.25, -0.2) is 4.57 Å². The number of furan rings is 1. The van der Waals surface area contributed by atoms with Gasteiger partial charge in [-0.05, 0) is 66.1 Å². The number of hydrogen-bond donors (Lipinski definition) is 0. The van der Waals surface area contributed by atoms with Gasteiger partial charge in [0.05, 0.1) is 17.2 Å². The van der Waals surface area contributed by atoms with Crippen LogP contribution in [0.5, 0.6) is 0 Å². The van der Waals surface area contributed by atoms with Gasteiger partial charge in [0, 0.05) is 28.0 Å². The number of aryl methyl sites for hydroxylation is 2. The van der Waals surface area contributed by atoms with Crippen LogP contribution >= 0.6 is 0 Å². The van der Waals surface area contributed by atoms with E-state index >= 15 is 0 Å². The summed E-state index contributed by atoms with van der Waals surface area (Å²) in [7, 11) is 2.09. The molecule has 0 bridgehead atoms. The Labute approximate surface area is 241 Å². The van der Waals surface area contributed by atoms with Crippen LogP contribution < -0.4 is 4.57 Å². The van der Waals surface area contributed by atoms with Crippen molar-refractivity contribution >= 4 is 21.9 Å². The molecule has 1 aliphatic rings. The SMILES string of the molecule is Cc1ccc2c(oc3c(-c4ccc(C5CCCCC5)cc4)c(C#N)ccc32)c1-c1ccc(-c2ccccc2)c[n+]1C. The third-order valence-electron chi connectivity index (χ3n) is 8.91. The molecule has 0 unspecified atom stereocenters. The van der Waals surface area contributed by atoms with E-state index in [9.17, 15) is 5.26 Å². The molecule has 0 aliphatic heterocycles. The number of benzene rings is 4. The number of aromatic nitrogens is 1. The fourth-order valence-corrected chi connectivity index (χ4v) is 6.73. The second-order valence-electron chi connectivity index (χ2n) is 11.4. The predicted octanol–water partition coefficient (Wildman–Crippen LogP) is 9.64. The summed E-state index contributed by atoms with van der Waals surface area (Å²) in [6.07, 6.45) is 8.71. The summed E-state index contributed by atoms with van der Waals surface area (Å²) in [5.74, 6) is 0.648. The van der Waals surface area contributed by atoms with E-state index < -0.39 is 0 Å². The van der Waals surface area contributed by atoms with Crippen molar-refractivity contribution in [3.63, 3.8) is 0 Å². The maximum Gasteiger partial charge on any atom is 0.216 e. The molecule has 3 heteroatoms. The lowest BCUT2D eigenvalue weighted by Gasteiger charge is -2.22. The first-order valence-electron chi connectivity index (χ1n) is 14.7. The number of nitriles is 1. The molecule has 200 valence electrons. The molecule has 2 heterocycles. The van der Waals surface area contributed by atoms with Gasteiger partial charge < -0.3 is 4.42 Å². The smallest absolute Gasteiger partial charge is 0.216 e. The Bertz CT molecular complexity index is 1940. The van der Waals surface area contributed by atoms with Gasteiger partial charge in [0.25, 0.3) is 0 Å². The molecule has 6 aromatic rings. The van der Waals surface area contributed by atoms with E-state index in [1.54, 1.807) is 0 Å². The van der Waals surface area contributed by atoms with Crippen LogP contribution in [0.4, 0.5) is 0 Å². The summed E-state index contributed by atoms with van der Waals surface area (Å²) in [5.41, 5.74) is 11.3. The molecule has 0 amide bonds. The lowest BCUT2D eigenvalue weighted by Crippen LogP contribution is -2.30. The van der Waals surface area contributed by atoms with Crippen LogP contribution in [-0.4, -0.2) is 0 Å². The topological polar surface area (TPSA) is 40.8 Å². The molecule has 2 aromatic heterocycles. The zero-order valence-electron chi connectivity index (χ0n) is 23.7. The fraction of sp³-hybridized carbons (Fsp3) is 0.211. The minimum Gasteiger partial charge on any atom is -0.454 e. The lowest BCUT2D eigenvalue weighted by molar-refractivity contribution is -0.659. The van der Waals surface area contributed by atoms with Crippen molar-refractivity contribution in [3.05, 3.63) is 114 Å². The second-order valence-corrected chi connectivity index (χ2v) is 11.4. The van der Waals surface area contributed by atoms with Gasteiger partial charge in [-0.2, -0.15) is 5.26 Å². The number of rotatable bonds is 4. The van der Waals surface area contributed by atoms with Crippen molar-refractivity contribution < 1.29 is 8.98 Å². The molecule has 0 radical (unpaired) electrons. The Morgan fingerprint density at radius 2 is 1.39 bits per heavy atom. The van der Waals surface area contributed by atoms with Gasteiger partial charge in [0.15, 0.2) is 6.20 Å². The summed E-state index contributed by atoms with van der Waals surface area (Å²) in [6.45, 7) is 2.14. The maximum atomic E-state index is 10.1. The maximum absolute atomic E-state index is 10.1. The van der Waals surface area contributed by atoms with Crippen LogP contribution in [0, 0.1) is 18.3 Å². The molecule has 0 atom stereocenters. The Hall–Kier alpha value is -4.68. The van der Waals surface area contributed by atoms with E-state index in [1.807, 2.05) is 18.2 Å². The molecule has 1 saturated carbocycles. The third-order valence-corrected chi connectivity index (χ3v) is 8.91. The number of nitrogens with zero attached hydrogens (tertiary/aromatic N) is 2. The normalized spacial score (nSPS) is 14.0. The van der Waals surface area contributed by atoms with E-state index in [4.69, 9.17) is 4.42 Å². The molecule has 41 heavy (non-hydrogen) atoms. The zero-order valence-corrected chi connectivity index (χ0v) is 23.7. The number of pyridine rings is 1. The van der Waals surface area contributed by atoms with E-state index in [-0.39, 0.29) is 0 Å². The Morgan fingerprint density at radius 3 is 2.10 bits per heavy atom. The van der Waals surface area contributed by atoms with Gasteiger partial charge in [0.2, 0.25) is 5.69 Å². The highest BCUT2D eigenvalue weighted by Gasteiger charge is 2.24. The lowest BCUT2D eigenvalue weighted by atomic mass is 9.83. The number of fused-ring (bicyclic) bond motifs is 3. The van der Waals surface area contributed by atoms with Crippen LogP contribution in [0.3, 0.4) is 0 Å². The summed E-state index contributed by atoms with van der Waals surface area (Å²) < 4.78 is 8.98. The second kappa shape index (κ2) is 10.4. The predicted molar refractivity (Wildman–Crippen MR) is 166 cm³/mol. The summed E-state index contributed by atoms with van der Waals surface area (Å²) in [4.78, 5) is 0. The molecule has 0 N–H and O–H groups in total. The van der Waals surface area contributed by atoms with Crippen molar-refractivity contribution in [2.45, 2.75) is 44.9 Å². The van der Waals surface area contributed by atoms with E-state index in [1.165, 1.54) is 48.8 Å². The molecule has 0 spiro atoms. The molecule has 1 aliphatic carbocycles. The Balaban J connectivity index is 1.39. The van der Waals surface area contributed by atoms with Crippen LogP contribution in [-0.2, 0) is 7.05 Å². The summed E-state index contributed by atoms with van der Waals surface area (Å²) in [5, 5.41) is 12.2. The Morgan fingerprint density at radius 1 is 0.707 bits per heavy atom. The molecule has 1 fully saturated rings. The Kier molecular flexibility index (Phi) is 6.40. The van der Waals surface area contributed by atoms with Crippen molar-refractivity contribution in [1.29, 1.82) is 5.26 Å². The molecular weight excluding hydrogens is 500 g/mol. The largest absolute Gasteiger partial charge is 0.454 e. The van der Waals surface area contributed by atoms with Crippen LogP contribution in [0.1, 0.15) is 54.7 Å². The van der Waals surface area contributed by atoms with Gasteiger partial charge in [0.1, 0.15) is 18.2 Å². The first-order chi connectivity index (χ1) is 20.1. The van der Waals surface area contributed by atoms with Crippen molar-refractivity contribution in [2.24, 2.45) is 7.05 Å². The number of hydrogen-bond acceptors (Lipinski definition) is 2. The standard InChI is InChI=1S/C38H33N2O/c1-25-13-20-32-33-21-18-30(23-39)36(29-16-14-28(15-17-29)26-9-5-3-6-10-26)38(33)41-37(32)35(25)34-22-19-31(24-40(34)2)27-11-7-4-8-12-27/h4,7-8,11-22,24,26H,3,5-6,9-10H2,1-2H3/q+1. The third kappa shape index (κ3) is 4.41. The quantitative estimate of drug-likeness (QED) is 0.212. The first-order valence-corrected chi connectivity index (χ1v) is 14.7. The summed E-state index contributed by atoms with van der Waals surface area (Å²) in [6, 6.07) is 34.4. The van der Waals surface area contributed by atoms with Crippen molar-refractivity contribution in [1.82, 2.24) is 0 Å². The van der Waals surface area contributed by atoms with E-state index in [0.717, 1.165) is 49.9 Å². The highest BCUT2D eigenvalue weighted by atomic mass is 16.3. The highest BCUT2D eigenvalue weighted by Crippen LogP contribution is 2.42. The van der Waals surface area contributed by atoms with Crippen LogP contribution in [0.25, 0.3) is 55.4 Å².